The van der Waals surface area contributed by atoms with E-state index in [9.17, 15) is 4.79 Å². The van der Waals surface area contributed by atoms with Gasteiger partial charge in [-0.2, -0.15) is 0 Å². The second-order valence-corrected chi connectivity index (χ2v) is 7.65. The summed E-state index contributed by atoms with van der Waals surface area (Å²) in [5.74, 6) is 0.592. The van der Waals surface area contributed by atoms with Crippen LogP contribution < -0.4 is 10.5 Å². The molecular weight excluding hydrogens is 398 g/mol. The van der Waals surface area contributed by atoms with Crippen LogP contribution >= 0.6 is 11.6 Å². The summed E-state index contributed by atoms with van der Waals surface area (Å²) in [4.78, 5) is 20.6. The van der Waals surface area contributed by atoms with E-state index >= 15 is 0 Å². The van der Waals surface area contributed by atoms with E-state index in [1.807, 2.05) is 72.8 Å². The predicted molar refractivity (Wildman–Crippen MR) is 121 cm³/mol. The van der Waals surface area contributed by atoms with Crippen LogP contribution in [0.3, 0.4) is 0 Å². The molecule has 3 aromatic carbocycles. The Hall–Kier alpha value is -3.15. The van der Waals surface area contributed by atoms with Crippen LogP contribution in [-0.2, 0) is 4.74 Å². The molecule has 0 unspecified atom stereocenters. The van der Waals surface area contributed by atoms with Crippen molar-refractivity contribution < 1.29 is 4.74 Å². The van der Waals surface area contributed by atoms with Gasteiger partial charge in [0.2, 0.25) is 0 Å². The number of rotatable bonds is 3. The Morgan fingerprint density at radius 1 is 0.833 bits per heavy atom. The Morgan fingerprint density at radius 2 is 1.50 bits per heavy atom. The van der Waals surface area contributed by atoms with Gasteiger partial charge in [-0.15, -0.1) is 0 Å². The normalized spacial score (nSPS) is 14.2. The first kappa shape index (κ1) is 18.9. The number of ether oxygens (including phenoxy) is 1. The molecule has 0 atom stereocenters. The summed E-state index contributed by atoms with van der Waals surface area (Å²) in [6.45, 7) is 3.20. The molecule has 0 bridgehead atoms. The highest BCUT2D eigenvalue weighted by molar-refractivity contribution is 6.30. The van der Waals surface area contributed by atoms with E-state index in [4.69, 9.17) is 21.3 Å². The van der Waals surface area contributed by atoms with Crippen LogP contribution in [-0.4, -0.2) is 35.9 Å². The first-order valence-corrected chi connectivity index (χ1v) is 10.3. The maximum atomic E-state index is 13.4. The van der Waals surface area contributed by atoms with Gasteiger partial charge in [-0.25, -0.2) is 4.98 Å². The third-order valence-electron chi connectivity index (χ3n) is 5.36. The molecule has 1 aliphatic heterocycles. The topological polar surface area (TPSA) is 47.4 Å². The SMILES string of the molecule is O=c1c2ccccc2nc(-c2ccc(Cl)cc2)n1-c1ccc(N2CCOCC2)cc1. The van der Waals surface area contributed by atoms with Gasteiger partial charge in [-0.1, -0.05) is 23.7 Å². The summed E-state index contributed by atoms with van der Waals surface area (Å²) in [5, 5.41) is 1.23. The summed E-state index contributed by atoms with van der Waals surface area (Å²) >= 11 is 6.07. The molecule has 1 saturated heterocycles. The number of morpholine rings is 1. The average molecular weight is 418 g/mol. The van der Waals surface area contributed by atoms with Gasteiger partial charge < -0.3 is 9.64 Å². The Balaban J connectivity index is 1.67. The molecule has 0 amide bonds. The average Bonchev–Trinajstić information content (AvgIpc) is 2.80. The number of benzene rings is 3. The van der Waals surface area contributed by atoms with Gasteiger partial charge in [0.15, 0.2) is 0 Å². The van der Waals surface area contributed by atoms with E-state index in [1.165, 1.54) is 0 Å². The van der Waals surface area contributed by atoms with Crippen molar-refractivity contribution in [1.82, 2.24) is 9.55 Å². The van der Waals surface area contributed by atoms with E-state index in [0.717, 1.165) is 43.2 Å². The second kappa shape index (κ2) is 7.94. The maximum absolute atomic E-state index is 13.4. The molecule has 30 heavy (non-hydrogen) atoms. The zero-order valence-electron chi connectivity index (χ0n) is 16.3. The molecule has 0 saturated carbocycles. The Bertz CT molecular complexity index is 1240. The summed E-state index contributed by atoms with van der Waals surface area (Å²) < 4.78 is 7.11. The van der Waals surface area contributed by atoms with Crippen LogP contribution in [0, 0.1) is 0 Å². The lowest BCUT2D eigenvalue weighted by Gasteiger charge is -2.29. The van der Waals surface area contributed by atoms with Gasteiger partial charge in [0.1, 0.15) is 5.82 Å². The van der Waals surface area contributed by atoms with Crippen LogP contribution in [0.4, 0.5) is 5.69 Å². The minimum Gasteiger partial charge on any atom is -0.378 e. The molecule has 1 aliphatic rings. The van der Waals surface area contributed by atoms with E-state index in [-0.39, 0.29) is 5.56 Å². The number of anilines is 1. The number of fused-ring (bicyclic) bond motifs is 1. The van der Waals surface area contributed by atoms with Gasteiger partial charge in [-0.3, -0.25) is 9.36 Å². The summed E-state index contributed by atoms with van der Waals surface area (Å²) in [6.07, 6.45) is 0. The molecule has 150 valence electrons. The molecule has 4 aromatic rings. The molecule has 5 nitrogen and oxygen atoms in total. The minimum absolute atomic E-state index is 0.0929. The fourth-order valence-electron chi connectivity index (χ4n) is 3.80. The molecule has 0 spiro atoms. The van der Waals surface area contributed by atoms with E-state index in [0.29, 0.717) is 21.7 Å². The maximum Gasteiger partial charge on any atom is 0.266 e. The van der Waals surface area contributed by atoms with Crippen molar-refractivity contribution >= 4 is 28.2 Å². The zero-order chi connectivity index (χ0) is 20.5. The fraction of sp³-hybridized carbons (Fsp3) is 0.167. The van der Waals surface area contributed by atoms with E-state index in [2.05, 4.69) is 4.90 Å². The highest BCUT2D eigenvalue weighted by Crippen LogP contribution is 2.25. The Morgan fingerprint density at radius 3 is 2.23 bits per heavy atom. The van der Waals surface area contributed by atoms with Gasteiger partial charge in [0, 0.05) is 29.4 Å². The van der Waals surface area contributed by atoms with Crippen molar-refractivity contribution in [3.8, 4) is 17.1 Å². The lowest BCUT2D eigenvalue weighted by atomic mass is 10.1. The third-order valence-corrected chi connectivity index (χ3v) is 5.61. The fourth-order valence-corrected chi connectivity index (χ4v) is 3.92. The van der Waals surface area contributed by atoms with Gasteiger partial charge in [-0.05, 0) is 60.7 Å². The summed E-state index contributed by atoms with van der Waals surface area (Å²) in [6, 6.07) is 22.9. The monoisotopic (exact) mass is 417 g/mol. The standard InChI is InChI=1S/C24H20ClN3O2/c25-18-7-5-17(6-8-18)23-26-22-4-2-1-3-21(22)24(29)28(23)20-11-9-19(10-12-20)27-13-15-30-16-14-27/h1-12H,13-16H2. The van der Waals surface area contributed by atoms with Gasteiger partial charge >= 0.3 is 0 Å². The molecule has 0 aliphatic carbocycles. The van der Waals surface area contributed by atoms with Crippen LogP contribution in [0.15, 0.2) is 77.6 Å². The molecule has 1 fully saturated rings. The number of hydrogen-bond donors (Lipinski definition) is 0. The van der Waals surface area contributed by atoms with Gasteiger partial charge in [0.05, 0.1) is 29.8 Å². The summed E-state index contributed by atoms with van der Waals surface area (Å²) in [5.41, 5.74) is 3.31. The number of aromatic nitrogens is 2. The van der Waals surface area contributed by atoms with Crippen LogP contribution in [0.25, 0.3) is 28.0 Å². The number of hydrogen-bond acceptors (Lipinski definition) is 4. The smallest absolute Gasteiger partial charge is 0.266 e. The van der Waals surface area contributed by atoms with Crippen molar-refractivity contribution in [3.05, 3.63) is 88.2 Å². The minimum atomic E-state index is -0.0929. The molecule has 1 aromatic heterocycles. The second-order valence-electron chi connectivity index (χ2n) is 7.22. The molecule has 0 radical (unpaired) electrons. The first-order valence-electron chi connectivity index (χ1n) is 9.91. The van der Waals surface area contributed by atoms with Crippen LogP contribution in [0.2, 0.25) is 5.02 Å². The van der Waals surface area contributed by atoms with Crippen LogP contribution in [0.1, 0.15) is 0 Å². The first-order chi connectivity index (χ1) is 14.7. The predicted octanol–water partition coefficient (Wildman–Crippen LogP) is 4.54. The lowest BCUT2D eigenvalue weighted by molar-refractivity contribution is 0.122. The van der Waals surface area contributed by atoms with Gasteiger partial charge in [0.25, 0.3) is 5.56 Å². The molecular formula is C24H20ClN3O2. The Kier molecular flexibility index (Phi) is 4.99. The van der Waals surface area contributed by atoms with Crippen molar-refractivity contribution in [2.24, 2.45) is 0 Å². The number of halogens is 1. The number of nitrogens with zero attached hydrogens (tertiary/aromatic N) is 3. The van der Waals surface area contributed by atoms with E-state index < -0.39 is 0 Å². The van der Waals surface area contributed by atoms with E-state index in [1.54, 1.807) is 4.57 Å². The Labute approximate surface area is 179 Å². The zero-order valence-corrected chi connectivity index (χ0v) is 17.0. The quantitative estimate of drug-likeness (QED) is 0.491. The molecule has 2 heterocycles. The van der Waals surface area contributed by atoms with Crippen molar-refractivity contribution in [3.63, 3.8) is 0 Å². The molecule has 0 N–H and O–H groups in total. The highest BCUT2D eigenvalue weighted by atomic mass is 35.5. The third kappa shape index (κ3) is 3.47. The van der Waals surface area contributed by atoms with Crippen LogP contribution in [0.5, 0.6) is 0 Å². The highest BCUT2D eigenvalue weighted by Gasteiger charge is 2.16. The summed E-state index contributed by atoms with van der Waals surface area (Å²) in [7, 11) is 0. The molecule has 5 rings (SSSR count). The number of para-hydroxylation sites is 1. The lowest BCUT2D eigenvalue weighted by Crippen LogP contribution is -2.36. The van der Waals surface area contributed by atoms with Crippen molar-refractivity contribution in [2.75, 3.05) is 31.2 Å². The molecule has 6 heteroatoms. The largest absolute Gasteiger partial charge is 0.378 e. The van der Waals surface area contributed by atoms with Crippen molar-refractivity contribution in [2.45, 2.75) is 0 Å². The van der Waals surface area contributed by atoms with Crippen molar-refractivity contribution in [1.29, 1.82) is 0 Å².